The van der Waals surface area contributed by atoms with Gasteiger partial charge in [-0.2, -0.15) is 0 Å². The van der Waals surface area contributed by atoms with Crippen molar-refractivity contribution < 1.29 is 24.2 Å². The summed E-state index contributed by atoms with van der Waals surface area (Å²) in [5.41, 5.74) is 1.38. The molecule has 2 atom stereocenters. The summed E-state index contributed by atoms with van der Waals surface area (Å²) in [4.78, 5) is 32.5. The number of aromatic amines is 1. The first-order valence-corrected chi connectivity index (χ1v) is 9.27. The number of aliphatic hydroxyl groups excluding tert-OH is 1. The van der Waals surface area contributed by atoms with Gasteiger partial charge in [0.1, 0.15) is 11.6 Å². The monoisotopic (exact) mass is 394 g/mol. The van der Waals surface area contributed by atoms with Gasteiger partial charge in [-0.1, -0.05) is 0 Å². The topological polar surface area (TPSA) is 110 Å². The third kappa shape index (κ3) is 5.49. The molecule has 0 spiro atoms. The van der Waals surface area contributed by atoms with E-state index >= 15 is 0 Å². The highest BCUT2D eigenvalue weighted by Gasteiger charge is 2.34. The van der Waals surface area contributed by atoms with Crippen molar-refractivity contribution in [3.05, 3.63) is 29.8 Å². The van der Waals surface area contributed by atoms with Crippen LogP contribution in [0.15, 0.2) is 18.2 Å². The SMILES string of the molecule is CCN(CCc1nc2ccc(F)cc2[nH]1)C(=O)[C@@H]1CN(C)CC[C@H]1O.O=CO. The summed E-state index contributed by atoms with van der Waals surface area (Å²) in [6.07, 6.45) is 0.612. The summed E-state index contributed by atoms with van der Waals surface area (Å²) in [7, 11) is 1.97. The molecule has 1 aromatic heterocycles. The molecule has 9 heteroatoms. The van der Waals surface area contributed by atoms with E-state index < -0.39 is 6.10 Å². The number of nitrogens with one attached hydrogen (secondary N) is 1. The quantitative estimate of drug-likeness (QED) is 0.656. The van der Waals surface area contributed by atoms with Gasteiger partial charge >= 0.3 is 0 Å². The number of carbonyl (C=O) groups excluding carboxylic acids is 1. The first-order chi connectivity index (χ1) is 13.4. The first kappa shape index (κ1) is 21.8. The molecule has 1 aliphatic heterocycles. The Balaban J connectivity index is 0.000000878. The van der Waals surface area contributed by atoms with Gasteiger partial charge in [0, 0.05) is 32.6 Å². The molecular formula is C19H27FN4O4. The molecule has 1 aromatic carbocycles. The number of aliphatic hydroxyl groups is 1. The number of nitrogens with zero attached hydrogens (tertiary/aromatic N) is 3. The van der Waals surface area contributed by atoms with Crippen LogP contribution in [0.25, 0.3) is 11.0 Å². The van der Waals surface area contributed by atoms with E-state index in [9.17, 15) is 14.3 Å². The predicted molar refractivity (Wildman–Crippen MR) is 102 cm³/mol. The number of carbonyl (C=O) groups is 2. The summed E-state index contributed by atoms with van der Waals surface area (Å²) in [5, 5.41) is 17.1. The smallest absolute Gasteiger partial charge is 0.290 e. The number of likely N-dealkylation sites (tertiary alicyclic amines) is 1. The van der Waals surface area contributed by atoms with Crippen LogP contribution < -0.4 is 0 Å². The molecule has 1 fully saturated rings. The Morgan fingerprint density at radius 2 is 2.21 bits per heavy atom. The molecule has 8 nitrogen and oxygen atoms in total. The molecule has 0 saturated carbocycles. The van der Waals surface area contributed by atoms with Crippen LogP contribution in [-0.2, 0) is 16.0 Å². The molecule has 1 saturated heterocycles. The molecule has 0 aliphatic carbocycles. The standard InChI is InChI=1S/C18H25FN4O2.CH2O2/c1-3-23(18(25)13-11-22(2)8-6-16(13)24)9-7-17-20-14-5-4-12(19)10-15(14)21-17;2-1-3/h4-5,10,13,16,24H,3,6-9,11H2,1-2H3,(H,20,21);1H,(H,2,3)/t13-,16-;/m1./s1. The molecular weight excluding hydrogens is 367 g/mol. The number of likely N-dealkylation sites (N-methyl/N-ethyl adjacent to an activating group) is 1. The van der Waals surface area contributed by atoms with Crippen molar-refractivity contribution in [2.24, 2.45) is 5.92 Å². The Morgan fingerprint density at radius 3 is 2.89 bits per heavy atom. The summed E-state index contributed by atoms with van der Waals surface area (Å²) < 4.78 is 13.3. The van der Waals surface area contributed by atoms with Gasteiger partial charge in [0.25, 0.3) is 6.47 Å². The fourth-order valence-corrected chi connectivity index (χ4v) is 3.40. The van der Waals surface area contributed by atoms with E-state index in [1.807, 2.05) is 14.0 Å². The van der Waals surface area contributed by atoms with Gasteiger partial charge < -0.3 is 25.0 Å². The lowest BCUT2D eigenvalue weighted by Crippen LogP contribution is -2.50. The van der Waals surface area contributed by atoms with Crippen molar-refractivity contribution in [1.82, 2.24) is 19.8 Å². The Bertz CT molecular complexity index is 797. The van der Waals surface area contributed by atoms with Crippen LogP contribution in [0.3, 0.4) is 0 Å². The van der Waals surface area contributed by atoms with Gasteiger partial charge in [-0.3, -0.25) is 9.59 Å². The summed E-state index contributed by atoms with van der Waals surface area (Å²) in [5.74, 6) is 0.0452. The number of aromatic nitrogens is 2. The van der Waals surface area contributed by atoms with E-state index in [1.165, 1.54) is 12.1 Å². The Kier molecular flexibility index (Phi) is 7.89. The molecule has 2 heterocycles. The van der Waals surface area contributed by atoms with E-state index in [0.717, 1.165) is 17.9 Å². The molecule has 1 amide bonds. The van der Waals surface area contributed by atoms with E-state index in [-0.39, 0.29) is 24.1 Å². The maximum absolute atomic E-state index is 13.3. The highest BCUT2D eigenvalue weighted by Crippen LogP contribution is 2.19. The molecule has 3 N–H and O–H groups in total. The number of rotatable bonds is 5. The summed E-state index contributed by atoms with van der Waals surface area (Å²) in [6.45, 7) is 4.18. The van der Waals surface area contributed by atoms with Crippen LogP contribution >= 0.6 is 0 Å². The lowest BCUT2D eigenvalue weighted by molar-refractivity contribution is -0.142. The second-order valence-electron chi connectivity index (χ2n) is 6.84. The zero-order valence-corrected chi connectivity index (χ0v) is 16.1. The number of fused-ring (bicyclic) bond motifs is 1. The average Bonchev–Trinajstić information content (AvgIpc) is 3.06. The fourth-order valence-electron chi connectivity index (χ4n) is 3.40. The van der Waals surface area contributed by atoms with Gasteiger partial charge in [0.15, 0.2) is 0 Å². The largest absolute Gasteiger partial charge is 0.483 e. The number of hydrogen-bond donors (Lipinski definition) is 3. The number of carboxylic acid groups (broad SMARTS) is 1. The molecule has 0 radical (unpaired) electrons. The number of hydrogen-bond acceptors (Lipinski definition) is 5. The van der Waals surface area contributed by atoms with Gasteiger partial charge in [0.2, 0.25) is 5.91 Å². The minimum Gasteiger partial charge on any atom is -0.483 e. The molecule has 2 aromatic rings. The van der Waals surface area contributed by atoms with E-state index in [4.69, 9.17) is 9.90 Å². The average molecular weight is 394 g/mol. The highest BCUT2D eigenvalue weighted by atomic mass is 19.1. The van der Waals surface area contributed by atoms with Crippen LogP contribution in [0.2, 0.25) is 0 Å². The van der Waals surface area contributed by atoms with Crippen LogP contribution in [0.5, 0.6) is 0 Å². The molecule has 0 bridgehead atoms. The fraction of sp³-hybridized carbons (Fsp3) is 0.526. The van der Waals surface area contributed by atoms with Crippen LogP contribution in [0.1, 0.15) is 19.2 Å². The van der Waals surface area contributed by atoms with Gasteiger partial charge in [-0.25, -0.2) is 9.37 Å². The zero-order chi connectivity index (χ0) is 20.7. The third-order valence-electron chi connectivity index (χ3n) is 4.90. The van der Waals surface area contributed by atoms with Crippen LogP contribution in [-0.4, -0.2) is 81.7 Å². The number of piperidine rings is 1. The molecule has 0 unspecified atom stereocenters. The number of halogens is 1. The van der Waals surface area contributed by atoms with E-state index in [0.29, 0.717) is 38.0 Å². The number of imidazole rings is 1. The molecule has 1 aliphatic rings. The zero-order valence-electron chi connectivity index (χ0n) is 16.1. The third-order valence-corrected chi connectivity index (χ3v) is 4.90. The maximum Gasteiger partial charge on any atom is 0.290 e. The van der Waals surface area contributed by atoms with E-state index in [2.05, 4.69) is 14.9 Å². The van der Waals surface area contributed by atoms with Crippen molar-refractivity contribution in [2.45, 2.75) is 25.9 Å². The van der Waals surface area contributed by atoms with Crippen molar-refractivity contribution in [3.63, 3.8) is 0 Å². The van der Waals surface area contributed by atoms with Gasteiger partial charge in [-0.15, -0.1) is 0 Å². The van der Waals surface area contributed by atoms with Crippen molar-refractivity contribution in [3.8, 4) is 0 Å². The van der Waals surface area contributed by atoms with Gasteiger partial charge in [0.05, 0.1) is 23.1 Å². The second-order valence-corrected chi connectivity index (χ2v) is 6.84. The minimum absolute atomic E-state index is 0.0105. The normalized spacial score (nSPS) is 19.7. The number of benzene rings is 1. The second kappa shape index (κ2) is 10.1. The Morgan fingerprint density at radius 1 is 1.50 bits per heavy atom. The summed E-state index contributed by atoms with van der Waals surface area (Å²) >= 11 is 0. The van der Waals surface area contributed by atoms with Crippen LogP contribution in [0, 0.1) is 11.7 Å². The highest BCUT2D eigenvalue weighted by molar-refractivity contribution is 5.80. The Hall–Kier alpha value is -2.52. The predicted octanol–water partition coefficient (Wildman–Crippen LogP) is 1.11. The van der Waals surface area contributed by atoms with Crippen molar-refractivity contribution in [2.75, 3.05) is 33.2 Å². The number of H-pyrrole nitrogens is 1. The minimum atomic E-state index is -0.577. The molecule has 3 rings (SSSR count). The van der Waals surface area contributed by atoms with Crippen molar-refractivity contribution >= 4 is 23.4 Å². The first-order valence-electron chi connectivity index (χ1n) is 9.27. The lowest BCUT2D eigenvalue weighted by Gasteiger charge is -2.35. The van der Waals surface area contributed by atoms with Crippen LogP contribution in [0.4, 0.5) is 4.39 Å². The molecule has 154 valence electrons. The Labute approximate surface area is 163 Å². The van der Waals surface area contributed by atoms with Gasteiger partial charge in [-0.05, 0) is 38.6 Å². The lowest BCUT2D eigenvalue weighted by atomic mass is 9.93. The number of amides is 1. The van der Waals surface area contributed by atoms with E-state index in [1.54, 1.807) is 11.0 Å². The summed E-state index contributed by atoms with van der Waals surface area (Å²) in [6, 6.07) is 4.44. The van der Waals surface area contributed by atoms with Crippen molar-refractivity contribution in [1.29, 1.82) is 0 Å². The maximum atomic E-state index is 13.3. The molecule has 28 heavy (non-hydrogen) atoms.